The molecule has 0 amide bonds. The molecule has 2 heterocycles. The van der Waals surface area contributed by atoms with Crippen LogP contribution in [0.2, 0.25) is 0 Å². The van der Waals surface area contributed by atoms with Crippen LogP contribution in [-0.4, -0.2) is 38.7 Å². The van der Waals surface area contributed by atoms with Crippen LogP contribution in [0.5, 0.6) is 0 Å². The average molecular weight is 225 g/mol. The number of aromatic nitrogens is 2. The monoisotopic (exact) mass is 225 g/mol. The van der Waals surface area contributed by atoms with Gasteiger partial charge in [-0.25, -0.2) is 0 Å². The number of aliphatic carboxylic acids is 1. The molecule has 1 aromatic heterocycles. The van der Waals surface area contributed by atoms with Crippen LogP contribution in [0.15, 0.2) is 10.9 Å². The third-order valence-electron chi connectivity index (χ3n) is 3.01. The highest BCUT2D eigenvalue weighted by Gasteiger charge is 2.32. The molecule has 6 heteroatoms. The fourth-order valence-electron chi connectivity index (χ4n) is 2.08. The van der Waals surface area contributed by atoms with Crippen LogP contribution in [0, 0.1) is 5.92 Å². The predicted molar refractivity (Wildman–Crippen MR) is 54.5 cm³/mol. The molecule has 1 fully saturated rings. The van der Waals surface area contributed by atoms with Gasteiger partial charge < -0.3 is 9.63 Å². The normalized spacial score (nSPS) is 26.8. The summed E-state index contributed by atoms with van der Waals surface area (Å²) in [5, 5.41) is 12.9. The minimum Gasteiger partial charge on any atom is -0.480 e. The molecule has 1 N–H and O–H groups in total. The van der Waals surface area contributed by atoms with Crippen LogP contribution in [0.1, 0.15) is 25.6 Å². The van der Waals surface area contributed by atoms with E-state index in [2.05, 4.69) is 21.6 Å². The van der Waals surface area contributed by atoms with Crippen molar-refractivity contribution in [1.82, 2.24) is 15.0 Å². The first kappa shape index (κ1) is 11.1. The predicted octanol–water partition coefficient (Wildman–Crippen LogP) is 0.755. The first-order valence-corrected chi connectivity index (χ1v) is 5.39. The van der Waals surface area contributed by atoms with Crippen LogP contribution in [0.3, 0.4) is 0 Å². The van der Waals surface area contributed by atoms with Gasteiger partial charge >= 0.3 is 5.97 Å². The molecule has 2 atom stereocenters. The van der Waals surface area contributed by atoms with Gasteiger partial charge in [0.2, 0.25) is 6.39 Å². The Morgan fingerprint density at radius 1 is 1.75 bits per heavy atom. The Hall–Kier alpha value is -1.43. The lowest BCUT2D eigenvalue weighted by molar-refractivity contribution is -0.145. The smallest absolute Gasteiger partial charge is 0.320 e. The lowest BCUT2D eigenvalue weighted by atomic mass is 9.92. The zero-order valence-electron chi connectivity index (χ0n) is 9.17. The van der Waals surface area contributed by atoms with E-state index in [0.29, 0.717) is 24.7 Å². The van der Waals surface area contributed by atoms with E-state index in [1.807, 2.05) is 4.90 Å². The van der Waals surface area contributed by atoms with Crippen LogP contribution in [0.25, 0.3) is 0 Å². The van der Waals surface area contributed by atoms with Gasteiger partial charge in [0.25, 0.3) is 0 Å². The largest absolute Gasteiger partial charge is 0.480 e. The molecule has 0 radical (unpaired) electrons. The second-order valence-corrected chi connectivity index (χ2v) is 4.30. The zero-order chi connectivity index (χ0) is 11.5. The highest BCUT2D eigenvalue weighted by Crippen LogP contribution is 2.23. The van der Waals surface area contributed by atoms with Gasteiger partial charge in [0, 0.05) is 0 Å². The SMILES string of the molecule is CC1CCN(Cc2ncon2)C(C(=O)O)C1. The van der Waals surface area contributed by atoms with E-state index in [4.69, 9.17) is 5.11 Å². The maximum absolute atomic E-state index is 11.1. The molecule has 0 aliphatic carbocycles. The van der Waals surface area contributed by atoms with Gasteiger partial charge in [0.05, 0.1) is 6.54 Å². The molecule has 1 saturated heterocycles. The molecule has 1 aliphatic heterocycles. The maximum atomic E-state index is 11.1. The van der Waals surface area contributed by atoms with Crippen LogP contribution >= 0.6 is 0 Å². The summed E-state index contributed by atoms with van der Waals surface area (Å²) in [6.45, 7) is 3.30. The molecule has 2 unspecified atom stereocenters. The standard InChI is InChI=1S/C10H15N3O3/c1-7-2-3-13(8(4-7)10(14)15)5-9-11-6-16-12-9/h6-8H,2-5H2,1H3,(H,14,15). The van der Waals surface area contributed by atoms with Crippen molar-refractivity contribution in [1.29, 1.82) is 0 Å². The number of piperidine rings is 1. The molecule has 0 saturated carbocycles. The quantitative estimate of drug-likeness (QED) is 0.817. The minimum absolute atomic E-state index is 0.428. The molecular weight excluding hydrogens is 210 g/mol. The first-order valence-electron chi connectivity index (χ1n) is 5.39. The number of nitrogens with zero attached hydrogens (tertiary/aromatic N) is 3. The molecule has 88 valence electrons. The van der Waals surface area contributed by atoms with Crippen LogP contribution in [0.4, 0.5) is 0 Å². The third kappa shape index (κ3) is 2.38. The Balaban J connectivity index is 2.04. The summed E-state index contributed by atoms with van der Waals surface area (Å²) < 4.78 is 4.64. The molecule has 2 rings (SSSR count). The Morgan fingerprint density at radius 2 is 2.56 bits per heavy atom. The number of rotatable bonds is 3. The van der Waals surface area contributed by atoms with Crippen molar-refractivity contribution in [2.75, 3.05) is 6.54 Å². The van der Waals surface area contributed by atoms with E-state index in [-0.39, 0.29) is 0 Å². The fourth-order valence-corrected chi connectivity index (χ4v) is 2.08. The molecule has 0 bridgehead atoms. The van der Waals surface area contributed by atoms with Gasteiger partial charge in [-0.1, -0.05) is 12.1 Å². The third-order valence-corrected chi connectivity index (χ3v) is 3.01. The van der Waals surface area contributed by atoms with E-state index in [1.54, 1.807) is 0 Å². The van der Waals surface area contributed by atoms with Crippen molar-refractivity contribution >= 4 is 5.97 Å². The van der Waals surface area contributed by atoms with Crippen LogP contribution < -0.4 is 0 Å². The number of carboxylic acid groups (broad SMARTS) is 1. The highest BCUT2D eigenvalue weighted by atomic mass is 16.5. The molecule has 1 aliphatic rings. The average Bonchev–Trinajstić information content (AvgIpc) is 2.73. The van der Waals surface area contributed by atoms with Gasteiger partial charge in [0.1, 0.15) is 6.04 Å². The summed E-state index contributed by atoms with van der Waals surface area (Å²) >= 11 is 0. The number of likely N-dealkylation sites (tertiary alicyclic amines) is 1. The fraction of sp³-hybridized carbons (Fsp3) is 0.700. The van der Waals surface area contributed by atoms with E-state index >= 15 is 0 Å². The van der Waals surface area contributed by atoms with Gasteiger partial charge in [-0.15, -0.1) is 0 Å². The summed E-state index contributed by atoms with van der Waals surface area (Å²) in [5.41, 5.74) is 0. The van der Waals surface area contributed by atoms with Crippen molar-refractivity contribution in [2.24, 2.45) is 5.92 Å². The Morgan fingerprint density at radius 3 is 3.19 bits per heavy atom. The number of carbonyl (C=O) groups is 1. The van der Waals surface area contributed by atoms with Crippen LogP contribution in [-0.2, 0) is 11.3 Å². The lowest BCUT2D eigenvalue weighted by Gasteiger charge is -2.35. The summed E-state index contributed by atoms with van der Waals surface area (Å²) in [4.78, 5) is 16.9. The molecule has 0 aromatic carbocycles. The molecular formula is C10H15N3O3. The van der Waals surface area contributed by atoms with E-state index in [9.17, 15) is 4.79 Å². The van der Waals surface area contributed by atoms with E-state index < -0.39 is 12.0 Å². The summed E-state index contributed by atoms with van der Waals surface area (Å²) in [6.07, 6.45) is 2.96. The van der Waals surface area contributed by atoms with Crippen molar-refractivity contribution in [3.63, 3.8) is 0 Å². The van der Waals surface area contributed by atoms with Crippen molar-refractivity contribution in [2.45, 2.75) is 32.4 Å². The zero-order valence-corrected chi connectivity index (χ0v) is 9.17. The van der Waals surface area contributed by atoms with Crippen molar-refractivity contribution < 1.29 is 14.4 Å². The van der Waals surface area contributed by atoms with Gasteiger partial charge in [-0.3, -0.25) is 9.69 Å². The highest BCUT2D eigenvalue weighted by molar-refractivity contribution is 5.73. The van der Waals surface area contributed by atoms with Gasteiger partial charge in [-0.05, 0) is 25.3 Å². The maximum Gasteiger partial charge on any atom is 0.320 e. The second-order valence-electron chi connectivity index (χ2n) is 4.30. The Bertz CT molecular complexity index is 352. The number of carboxylic acids is 1. The molecule has 16 heavy (non-hydrogen) atoms. The molecule has 0 spiro atoms. The Kier molecular flexibility index (Phi) is 3.19. The van der Waals surface area contributed by atoms with E-state index in [1.165, 1.54) is 6.39 Å². The lowest BCUT2D eigenvalue weighted by Crippen LogP contribution is -2.46. The van der Waals surface area contributed by atoms with Crippen molar-refractivity contribution in [3.8, 4) is 0 Å². The molecule has 1 aromatic rings. The van der Waals surface area contributed by atoms with Crippen molar-refractivity contribution in [3.05, 3.63) is 12.2 Å². The second kappa shape index (κ2) is 4.61. The summed E-state index contributed by atoms with van der Waals surface area (Å²) in [7, 11) is 0. The minimum atomic E-state index is -0.768. The molecule has 6 nitrogen and oxygen atoms in total. The Labute approximate surface area is 93.2 Å². The van der Waals surface area contributed by atoms with Gasteiger partial charge in [0.15, 0.2) is 5.82 Å². The van der Waals surface area contributed by atoms with E-state index in [0.717, 1.165) is 13.0 Å². The topological polar surface area (TPSA) is 79.5 Å². The summed E-state index contributed by atoms with van der Waals surface area (Å²) in [6, 6.07) is -0.428. The van der Waals surface area contributed by atoms with Gasteiger partial charge in [-0.2, -0.15) is 4.98 Å². The first-order chi connectivity index (χ1) is 7.66. The number of hydrogen-bond donors (Lipinski definition) is 1. The number of hydrogen-bond acceptors (Lipinski definition) is 5. The summed E-state index contributed by atoms with van der Waals surface area (Å²) in [5.74, 6) is 0.235.